The van der Waals surface area contributed by atoms with Crippen molar-refractivity contribution in [2.75, 3.05) is 0 Å². The molecule has 0 saturated heterocycles. The van der Waals surface area contributed by atoms with E-state index in [1.807, 2.05) is 55.4 Å². The van der Waals surface area contributed by atoms with Crippen molar-refractivity contribution in [3.8, 4) is 33.9 Å². The fourth-order valence-corrected chi connectivity index (χ4v) is 11.5. The number of benzene rings is 10. The van der Waals surface area contributed by atoms with Gasteiger partial charge in [0.15, 0.2) is 0 Å². The molecule has 0 aromatic heterocycles. The van der Waals surface area contributed by atoms with E-state index in [-0.39, 0.29) is 7.43 Å². The lowest BCUT2D eigenvalue weighted by atomic mass is 9.88. The summed E-state index contributed by atoms with van der Waals surface area (Å²) in [5, 5.41) is 4.30. The molecule has 0 radical (unpaired) electrons. The molecule has 0 fully saturated rings. The normalized spacial score (nSPS) is 11.3. The molecule has 3 aliphatic rings. The fraction of sp³-hybridized carbons (Fsp3) is 0.238. The van der Waals surface area contributed by atoms with Crippen molar-refractivity contribution < 1.29 is 9.15 Å². The Morgan fingerprint density at radius 2 is 0.851 bits per heavy atom. The maximum Gasteiger partial charge on any atom is 0.137 e. The van der Waals surface area contributed by atoms with Gasteiger partial charge < -0.3 is 16.6 Å². The van der Waals surface area contributed by atoms with Gasteiger partial charge >= 0.3 is 0 Å². The van der Waals surface area contributed by atoms with Gasteiger partial charge in [-0.1, -0.05) is 207 Å². The van der Waals surface area contributed by atoms with Crippen molar-refractivity contribution in [3.63, 3.8) is 0 Å². The summed E-state index contributed by atoms with van der Waals surface area (Å²) in [5.74, 6) is 2.68. The Balaban J connectivity index is 0.000000247. The smallest absolute Gasteiger partial charge is 0.137 e. The SMILES string of the molecule is CC.CC.CC.CC.Cc1ccccc1-c1c2ccc(=Nc3c(C)cccc3C)cc-2oc2cc(Cc3c(C)cccc3C)ccc12.Cc1ccccc1C1=c2cc/c(=C\c3c(C)cccc3C)cc2Oc2cc(Cc3c(C)cccc3C)ccc21.[CH3-]. The molecule has 2 heterocycles. The van der Waals surface area contributed by atoms with Crippen molar-refractivity contribution in [1.82, 2.24) is 0 Å². The second-order valence-electron chi connectivity index (χ2n) is 21.6. The number of nitrogens with zero attached hydrogens (tertiary/aromatic N) is 1. The molecule has 9 aromatic carbocycles. The van der Waals surface area contributed by atoms with E-state index in [0.717, 1.165) is 73.7 Å². The summed E-state index contributed by atoms with van der Waals surface area (Å²) in [6.45, 7) is 37.7. The minimum Gasteiger partial charge on any atom is -0.456 e. The number of rotatable bonds is 8. The second kappa shape index (κ2) is 31.6. The molecule has 448 valence electrons. The minimum atomic E-state index is 0. The highest BCUT2D eigenvalue weighted by atomic mass is 16.5. The van der Waals surface area contributed by atoms with Crippen molar-refractivity contribution in [2.24, 2.45) is 4.99 Å². The Labute approximate surface area is 522 Å². The summed E-state index contributed by atoms with van der Waals surface area (Å²) in [4.78, 5) is 5.02. The molecule has 1 aliphatic carbocycles. The van der Waals surface area contributed by atoms with Crippen molar-refractivity contribution in [1.29, 1.82) is 0 Å². The molecule has 0 spiro atoms. The van der Waals surface area contributed by atoms with E-state index < -0.39 is 0 Å². The summed E-state index contributed by atoms with van der Waals surface area (Å²) >= 11 is 0. The van der Waals surface area contributed by atoms with Gasteiger partial charge in [-0.05, 0) is 224 Å². The fourth-order valence-electron chi connectivity index (χ4n) is 11.5. The lowest BCUT2D eigenvalue weighted by Crippen LogP contribution is -2.20. The van der Waals surface area contributed by atoms with Crippen LogP contribution in [0.15, 0.2) is 204 Å². The van der Waals surface area contributed by atoms with Crippen molar-refractivity contribution in [3.05, 3.63) is 312 Å². The topological polar surface area (TPSA) is 34.7 Å². The summed E-state index contributed by atoms with van der Waals surface area (Å²) in [5.41, 5.74) is 28.3. The molecule has 9 aromatic rings. The predicted octanol–water partition coefficient (Wildman–Crippen LogP) is 22.1. The molecular weight excluding hydrogens is 1050 g/mol. The van der Waals surface area contributed by atoms with Gasteiger partial charge in [0.2, 0.25) is 0 Å². The van der Waals surface area contributed by atoms with Crippen molar-refractivity contribution >= 4 is 28.3 Å². The highest BCUT2D eigenvalue weighted by Gasteiger charge is 2.23. The second-order valence-corrected chi connectivity index (χ2v) is 21.6. The average Bonchev–Trinajstić information content (AvgIpc) is 0.986. The molecule has 0 atom stereocenters. The van der Waals surface area contributed by atoms with Crippen LogP contribution in [0.25, 0.3) is 45.1 Å². The zero-order valence-electron chi connectivity index (χ0n) is 55.7. The molecule has 12 rings (SSSR count). The Morgan fingerprint density at radius 3 is 1.40 bits per heavy atom. The first-order valence-electron chi connectivity index (χ1n) is 31.3. The minimum absolute atomic E-state index is 0. The molecule has 0 N–H and O–H groups in total. The van der Waals surface area contributed by atoms with E-state index in [0.29, 0.717) is 0 Å². The van der Waals surface area contributed by atoms with Gasteiger partial charge in [0.25, 0.3) is 0 Å². The van der Waals surface area contributed by atoms with Gasteiger partial charge in [-0.2, -0.15) is 0 Å². The number of hydrogen-bond donors (Lipinski definition) is 0. The quantitative estimate of drug-likeness (QED) is 0.112. The molecule has 0 unspecified atom stereocenters. The molecule has 2 aliphatic heterocycles. The average molecular weight is 1150 g/mol. The third-order valence-electron chi connectivity index (χ3n) is 16.0. The number of hydrogen-bond acceptors (Lipinski definition) is 3. The third kappa shape index (κ3) is 15.3. The first kappa shape index (κ1) is 67.3. The molecule has 3 nitrogen and oxygen atoms in total. The lowest BCUT2D eigenvalue weighted by molar-refractivity contribution is 0.471. The Morgan fingerprint density at radius 1 is 0.379 bits per heavy atom. The number of para-hydroxylation sites is 1. The number of fused-ring (bicyclic) bond motifs is 4. The first-order valence-corrected chi connectivity index (χ1v) is 31.3. The molecular formula is C84H94NO2-. The van der Waals surface area contributed by atoms with Crippen LogP contribution in [0, 0.1) is 76.7 Å². The Bertz CT molecular complexity index is 4220. The van der Waals surface area contributed by atoms with Crippen LogP contribution >= 0.6 is 0 Å². The largest absolute Gasteiger partial charge is 0.456 e. The van der Waals surface area contributed by atoms with Gasteiger partial charge in [0, 0.05) is 38.9 Å². The number of ether oxygens (including phenoxy) is 1. The van der Waals surface area contributed by atoms with Crippen LogP contribution in [-0.2, 0) is 12.8 Å². The Kier molecular flexibility index (Phi) is 24.4. The van der Waals surface area contributed by atoms with Crippen molar-refractivity contribution in [2.45, 2.75) is 137 Å². The zero-order chi connectivity index (χ0) is 62.2. The van der Waals surface area contributed by atoms with Gasteiger partial charge in [0.05, 0.1) is 11.0 Å². The third-order valence-corrected chi connectivity index (χ3v) is 16.0. The Hall–Kier alpha value is -8.79. The number of aryl methyl sites for hydroxylation is 10. The maximum atomic E-state index is 6.71. The molecule has 0 bridgehead atoms. The lowest BCUT2D eigenvalue weighted by Gasteiger charge is -2.23. The van der Waals surface area contributed by atoms with Gasteiger partial charge in [-0.3, -0.25) is 0 Å². The van der Waals surface area contributed by atoms with Crippen LogP contribution < -0.4 is 20.5 Å². The van der Waals surface area contributed by atoms with Crippen LogP contribution in [0.2, 0.25) is 0 Å². The zero-order valence-corrected chi connectivity index (χ0v) is 55.7. The van der Waals surface area contributed by atoms with E-state index in [4.69, 9.17) is 14.1 Å². The predicted molar refractivity (Wildman–Crippen MR) is 378 cm³/mol. The molecule has 3 heteroatoms. The van der Waals surface area contributed by atoms with Crippen LogP contribution in [-0.4, -0.2) is 0 Å². The highest BCUT2D eigenvalue weighted by Crippen LogP contribution is 2.42. The van der Waals surface area contributed by atoms with Crippen LogP contribution in [0.5, 0.6) is 11.5 Å². The summed E-state index contributed by atoms with van der Waals surface area (Å²) < 4.78 is 13.4. The highest BCUT2D eigenvalue weighted by molar-refractivity contribution is 6.02. The van der Waals surface area contributed by atoms with E-state index in [9.17, 15) is 0 Å². The van der Waals surface area contributed by atoms with E-state index in [1.165, 1.54) is 106 Å². The van der Waals surface area contributed by atoms with Gasteiger partial charge in [-0.15, -0.1) is 0 Å². The first-order chi connectivity index (χ1) is 41.8. The summed E-state index contributed by atoms with van der Waals surface area (Å²) in [6.07, 6.45) is 4.04. The summed E-state index contributed by atoms with van der Waals surface area (Å²) in [7, 11) is 0. The van der Waals surface area contributed by atoms with Gasteiger partial charge in [0.1, 0.15) is 22.8 Å². The van der Waals surface area contributed by atoms with E-state index in [1.54, 1.807) is 0 Å². The van der Waals surface area contributed by atoms with E-state index >= 15 is 0 Å². The maximum absolute atomic E-state index is 6.71. The van der Waals surface area contributed by atoms with E-state index in [2.05, 4.69) is 269 Å². The van der Waals surface area contributed by atoms with Gasteiger partial charge in [-0.25, -0.2) is 4.99 Å². The molecule has 87 heavy (non-hydrogen) atoms. The van der Waals surface area contributed by atoms with Crippen LogP contribution in [0.4, 0.5) is 5.69 Å². The monoisotopic (exact) mass is 1150 g/mol. The summed E-state index contributed by atoms with van der Waals surface area (Å²) in [6, 6.07) is 69.5. The molecule has 0 saturated carbocycles. The molecule has 0 amide bonds. The standard InChI is InChI=1S/C38H34O.C37H33NO.4C2H6.CH3/c1-24-10-6-7-15-31(24)38-32-18-16-29(20-34-25(2)11-8-12-26(34)3)22-36(32)39-37-23-30(17-19-33(37)38)21-35-27(4)13-9-14-28(35)5;1-23-10-6-7-15-30(23)36-31-18-16-28(20-33-24(2)11-8-12-25(33)3)21-34(31)39-35-22-29(17-19-32(35)36)38-37-26(4)13-9-14-27(37)5;4*1-2;/h6-20,22-23H,21H2,1-5H3;6-19,21-22H,20H2,1-5H3;4*1-2H3;1H3/q;;;;;;-1/b29-20+;;;;;;. The van der Waals surface area contributed by atoms with Crippen LogP contribution in [0.1, 0.15) is 150 Å². The van der Waals surface area contributed by atoms with Crippen LogP contribution in [0.3, 0.4) is 0 Å².